The lowest BCUT2D eigenvalue weighted by molar-refractivity contribution is -0.141. The Morgan fingerprint density at radius 3 is 2.45 bits per heavy atom. The third kappa shape index (κ3) is 3.40. The molecule has 0 aliphatic rings. The minimum Gasteiger partial charge on any atom is -0.493 e. The highest BCUT2D eigenvalue weighted by atomic mass is 16.5. The Kier molecular flexibility index (Phi) is 5.37. The SMILES string of the molecule is COc1cccc(C(=O)N(C)CC(C)C(=O)O)c1OC. The van der Waals surface area contributed by atoms with Crippen LogP contribution in [0.3, 0.4) is 0 Å². The first-order valence-corrected chi connectivity index (χ1v) is 6.11. The van der Waals surface area contributed by atoms with Gasteiger partial charge in [-0.25, -0.2) is 0 Å². The zero-order valence-electron chi connectivity index (χ0n) is 12.0. The van der Waals surface area contributed by atoms with Crippen LogP contribution in [-0.4, -0.2) is 49.7 Å². The van der Waals surface area contributed by atoms with E-state index in [-0.39, 0.29) is 12.5 Å². The topological polar surface area (TPSA) is 76.1 Å². The maximum Gasteiger partial charge on any atom is 0.308 e. The van der Waals surface area contributed by atoms with Gasteiger partial charge in [0, 0.05) is 13.6 Å². The third-order valence-electron chi connectivity index (χ3n) is 2.95. The average Bonchev–Trinajstić information content (AvgIpc) is 2.44. The van der Waals surface area contributed by atoms with E-state index in [1.165, 1.54) is 19.1 Å². The van der Waals surface area contributed by atoms with Crippen LogP contribution in [0.15, 0.2) is 18.2 Å². The first kappa shape index (κ1) is 15.8. The van der Waals surface area contributed by atoms with E-state index >= 15 is 0 Å². The van der Waals surface area contributed by atoms with Gasteiger partial charge in [-0.15, -0.1) is 0 Å². The zero-order valence-corrected chi connectivity index (χ0v) is 12.0. The Morgan fingerprint density at radius 1 is 1.30 bits per heavy atom. The van der Waals surface area contributed by atoms with Gasteiger partial charge in [0.05, 0.1) is 25.7 Å². The Labute approximate surface area is 117 Å². The number of para-hydroxylation sites is 1. The van der Waals surface area contributed by atoms with Crippen molar-refractivity contribution in [2.24, 2.45) is 5.92 Å². The summed E-state index contributed by atoms with van der Waals surface area (Å²) >= 11 is 0. The van der Waals surface area contributed by atoms with Gasteiger partial charge < -0.3 is 19.5 Å². The van der Waals surface area contributed by atoms with Crippen LogP contribution in [0.4, 0.5) is 0 Å². The average molecular weight is 281 g/mol. The van der Waals surface area contributed by atoms with E-state index in [2.05, 4.69) is 0 Å². The number of hydrogen-bond acceptors (Lipinski definition) is 4. The summed E-state index contributed by atoms with van der Waals surface area (Å²) < 4.78 is 10.3. The molecule has 6 heteroatoms. The summed E-state index contributed by atoms with van der Waals surface area (Å²) in [5, 5.41) is 8.88. The Balaban J connectivity index is 3.00. The van der Waals surface area contributed by atoms with Crippen LogP contribution in [0, 0.1) is 5.92 Å². The van der Waals surface area contributed by atoms with Crippen LogP contribution < -0.4 is 9.47 Å². The van der Waals surface area contributed by atoms with Crippen molar-refractivity contribution >= 4 is 11.9 Å². The van der Waals surface area contributed by atoms with Crippen LogP contribution in [0.1, 0.15) is 17.3 Å². The third-order valence-corrected chi connectivity index (χ3v) is 2.95. The summed E-state index contributed by atoms with van der Waals surface area (Å²) in [6.45, 7) is 1.67. The van der Waals surface area contributed by atoms with E-state index in [9.17, 15) is 9.59 Å². The van der Waals surface area contributed by atoms with Crippen LogP contribution in [0.2, 0.25) is 0 Å². The number of ether oxygens (including phenoxy) is 2. The number of aliphatic carboxylic acids is 1. The van der Waals surface area contributed by atoms with Gasteiger partial charge in [0.25, 0.3) is 5.91 Å². The second-order valence-electron chi connectivity index (χ2n) is 4.47. The molecule has 1 N–H and O–H groups in total. The maximum absolute atomic E-state index is 12.3. The van der Waals surface area contributed by atoms with Crippen molar-refractivity contribution < 1.29 is 24.2 Å². The number of rotatable bonds is 6. The number of nitrogens with zero attached hydrogens (tertiary/aromatic N) is 1. The lowest BCUT2D eigenvalue weighted by Crippen LogP contribution is -2.33. The van der Waals surface area contributed by atoms with E-state index in [0.717, 1.165) is 0 Å². The highest BCUT2D eigenvalue weighted by molar-refractivity contribution is 5.97. The van der Waals surface area contributed by atoms with E-state index in [4.69, 9.17) is 14.6 Å². The molecule has 6 nitrogen and oxygen atoms in total. The number of carbonyl (C=O) groups is 2. The summed E-state index contributed by atoms with van der Waals surface area (Å²) in [4.78, 5) is 24.5. The minimum absolute atomic E-state index is 0.120. The molecule has 0 spiro atoms. The lowest BCUT2D eigenvalue weighted by atomic mass is 10.1. The molecule has 1 rings (SSSR count). The molecule has 110 valence electrons. The Hall–Kier alpha value is -2.24. The molecular formula is C14H19NO5. The van der Waals surface area contributed by atoms with Gasteiger partial charge in [-0.3, -0.25) is 9.59 Å². The molecule has 1 unspecified atom stereocenters. The quantitative estimate of drug-likeness (QED) is 0.855. The smallest absolute Gasteiger partial charge is 0.308 e. The lowest BCUT2D eigenvalue weighted by Gasteiger charge is -2.21. The van der Waals surface area contributed by atoms with Gasteiger partial charge in [0.2, 0.25) is 0 Å². The molecule has 0 bridgehead atoms. The summed E-state index contributed by atoms with van der Waals surface area (Å²) in [5.41, 5.74) is 0.340. The van der Waals surface area contributed by atoms with Crippen molar-refractivity contribution in [3.63, 3.8) is 0 Å². The van der Waals surface area contributed by atoms with Crippen molar-refractivity contribution in [2.45, 2.75) is 6.92 Å². The van der Waals surface area contributed by atoms with Gasteiger partial charge in [0.1, 0.15) is 0 Å². The monoisotopic (exact) mass is 281 g/mol. The molecule has 0 saturated carbocycles. The molecule has 0 heterocycles. The highest BCUT2D eigenvalue weighted by Crippen LogP contribution is 2.31. The second-order valence-corrected chi connectivity index (χ2v) is 4.47. The zero-order chi connectivity index (χ0) is 15.3. The number of amides is 1. The second kappa shape index (κ2) is 6.79. The molecule has 0 aromatic heterocycles. The summed E-state index contributed by atoms with van der Waals surface area (Å²) in [6, 6.07) is 4.99. The van der Waals surface area contributed by atoms with Crippen LogP contribution >= 0.6 is 0 Å². The molecule has 1 aromatic rings. The molecule has 0 aliphatic heterocycles. The normalized spacial score (nSPS) is 11.6. The van der Waals surface area contributed by atoms with Gasteiger partial charge in [-0.05, 0) is 12.1 Å². The maximum atomic E-state index is 12.3. The molecular weight excluding hydrogens is 262 g/mol. The molecule has 1 aromatic carbocycles. The van der Waals surface area contributed by atoms with E-state index in [1.54, 1.807) is 32.2 Å². The number of carboxylic acid groups (broad SMARTS) is 1. The molecule has 0 fully saturated rings. The van der Waals surface area contributed by atoms with Crippen LogP contribution in [-0.2, 0) is 4.79 Å². The highest BCUT2D eigenvalue weighted by Gasteiger charge is 2.22. The van der Waals surface area contributed by atoms with Crippen molar-refractivity contribution in [3.8, 4) is 11.5 Å². The van der Waals surface area contributed by atoms with E-state index in [0.29, 0.717) is 17.1 Å². The number of hydrogen-bond donors (Lipinski definition) is 1. The van der Waals surface area contributed by atoms with Gasteiger partial charge in [-0.2, -0.15) is 0 Å². The van der Waals surface area contributed by atoms with Gasteiger partial charge in [0.15, 0.2) is 11.5 Å². The van der Waals surface area contributed by atoms with Gasteiger partial charge in [-0.1, -0.05) is 13.0 Å². The van der Waals surface area contributed by atoms with Crippen molar-refractivity contribution in [3.05, 3.63) is 23.8 Å². The minimum atomic E-state index is -0.942. The summed E-state index contributed by atoms with van der Waals surface area (Å²) in [7, 11) is 4.50. The standard InChI is InChI=1S/C14H19NO5/c1-9(14(17)18)8-15(2)13(16)10-6-5-7-11(19-3)12(10)20-4/h5-7,9H,8H2,1-4H3,(H,17,18). The van der Waals surface area contributed by atoms with Crippen molar-refractivity contribution in [1.29, 1.82) is 0 Å². The largest absolute Gasteiger partial charge is 0.493 e. The van der Waals surface area contributed by atoms with Gasteiger partial charge >= 0.3 is 5.97 Å². The first-order chi connectivity index (χ1) is 9.42. The number of carbonyl (C=O) groups excluding carboxylic acids is 1. The predicted molar refractivity (Wildman–Crippen MR) is 73.3 cm³/mol. The number of methoxy groups -OCH3 is 2. The molecule has 0 saturated heterocycles. The molecule has 20 heavy (non-hydrogen) atoms. The van der Waals surface area contributed by atoms with E-state index < -0.39 is 11.9 Å². The van der Waals surface area contributed by atoms with Crippen molar-refractivity contribution in [1.82, 2.24) is 4.90 Å². The fourth-order valence-corrected chi connectivity index (χ4v) is 1.83. The Bertz CT molecular complexity index is 500. The molecule has 1 atom stereocenters. The number of benzene rings is 1. The molecule has 1 amide bonds. The summed E-state index contributed by atoms with van der Waals surface area (Å²) in [6.07, 6.45) is 0. The fraction of sp³-hybridized carbons (Fsp3) is 0.429. The van der Waals surface area contributed by atoms with Crippen LogP contribution in [0.5, 0.6) is 11.5 Å². The molecule has 0 radical (unpaired) electrons. The molecule has 0 aliphatic carbocycles. The summed E-state index contributed by atoms with van der Waals surface area (Å²) in [5.74, 6) is -1.09. The predicted octanol–water partition coefficient (Wildman–Crippen LogP) is 1.50. The van der Waals surface area contributed by atoms with Crippen molar-refractivity contribution in [2.75, 3.05) is 27.8 Å². The fourth-order valence-electron chi connectivity index (χ4n) is 1.83. The Morgan fingerprint density at radius 2 is 1.95 bits per heavy atom. The number of carboxylic acids is 1. The van der Waals surface area contributed by atoms with E-state index in [1.807, 2.05) is 0 Å². The van der Waals surface area contributed by atoms with Crippen LogP contribution in [0.25, 0.3) is 0 Å². The first-order valence-electron chi connectivity index (χ1n) is 6.11.